The molecule has 3 aromatic rings. The summed E-state index contributed by atoms with van der Waals surface area (Å²) in [5, 5.41) is 10.2. The van der Waals surface area contributed by atoms with Crippen LogP contribution in [0.4, 0.5) is 4.39 Å². The van der Waals surface area contributed by atoms with Crippen molar-refractivity contribution in [2.24, 2.45) is 0 Å². The molecule has 7 heteroatoms. The van der Waals surface area contributed by atoms with Crippen LogP contribution in [0.1, 0.15) is 10.5 Å². The van der Waals surface area contributed by atoms with Crippen LogP contribution in [0.5, 0.6) is 5.75 Å². The molecule has 0 aliphatic carbocycles. The molecule has 0 bridgehead atoms. The van der Waals surface area contributed by atoms with Gasteiger partial charge in [0.05, 0.1) is 26.9 Å². The number of benzene rings is 2. The summed E-state index contributed by atoms with van der Waals surface area (Å²) >= 11 is 9.22. The summed E-state index contributed by atoms with van der Waals surface area (Å²) in [5.74, 6) is -1.11. The molecule has 124 valence electrons. The zero-order chi connectivity index (χ0) is 17.3. The first kappa shape index (κ1) is 16.8. The van der Waals surface area contributed by atoms with Crippen molar-refractivity contribution in [1.29, 1.82) is 0 Å². The minimum absolute atomic E-state index is 0.0159. The number of hydrogen-bond acceptors (Lipinski definition) is 2. The number of rotatable bonds is 5. The zero-order valence-corrected chi connectivity index (χ0v) is 14.6. The first-order valence-corrected chi connectivity index (χ1v) is 8.24. The summed E-state index contributed by atoms with van der Waals surface area (Å²) in [6, 6.07) is 11.5. The largest absolute Gasteiger partial charge is 0.490 e. The number of carboxylic acids is 1. The van der Waals surface area contributed by atoms with Gasteiger partial charge in [0.1, 0.15) is 23.9 Å². The lowest BCUT2D eigenvalue weighted by Gasteiger charge is -2.11. The normalized spacial score (nSPS) is 11.0. The Hall–Kier alpha value is -2.05. The maximum atomic E-state index is 14.1. The molecule has 0 spiro atoms. The van der Waals surface area contributed by atoms with Gasteiger partial charge in [-0.05, 0) is 40.2 Å². The number of hydrogen-bond donors (Lipinski definition) is 1. The number of aromatic nitrogens is 1. The number of ether oxygens (including phenoxy) is 1. The van der Waals surface area contributed by atoms with E-state index in [-0.39, 0.29) is 28.7 Å². The van der Waals surface area contributed by atoms with Crippen LogP contribution in [-0.4, -0.2) is 22.2 Å². The van der Waals surface area contributed by atoms with Gasteiger partial charge in [-0.3, -0.25) is 0 Å². The molecule has 3 rings (SSSR count). The fraction of sp³-hybridized carbons (Fsp3) is 0.118. The van der Waals surface area contributed by atoms with E-state index in [0.717, 1.165) is 0 Å². The maximum absolute atomic E-state index is 14.1. The molecule has 4 nitrogen and oxygen atoms in total. The van der Waals surface area contributed by atoms with Gasteiger partial charge < -0.3 is 14.4 Å². The van der Waals surface area contributed by atoms with Crippen molar-refractivity contribution < 1.29 is 19.0 Å². The molecular formula is C17H12BrClFNO3. The van der Waals surface area contributed by atoms with Crippen molar-refractivity contribution in [3.63, 3.8) is 0 Å². The number of fused-ring (bicyclic) bond motifs is 1. The molecule has 0 aliphatic heterocycles. The Kier molecular flexibility index (Phi) is 4.78. The highest BCUT2D eigenvalue weighted by Crippen LogP contribution is 2.33. The Labute approximate surface area is 150 Å². The maximum Gasteiger partial charge on any atom is 0.353 e. The van der Waals surface area contributed by atoms with Crippen LogP contribution < -0.4 is 4.74 Å². The average Bonchev–Trinajstić information content (AvgIpc) is 2.83. The third kappa shape index (κ3) is 2.99. The lowest BCUT2D eigenvalue weighted by molar-refractivity contribution is 0.0683. The van der Waals surface area contributed by atoms with Crippen molar-refractivity contribution in [1.82, 2.24) is 4.57 Å². The third-order valence-electron chi connectivity index (χ3n) is 3.59. The SMILES string of the molecule is O=C(O)c1c(Br)c2c(F)cccc2n1CCOc1ccccc1Cl. The van der Waals surface area contributed by atoms with Gasteiger partial charge in [-0.2, -0.15) is 0 Å². The molecule has 0 unspecified atom stereocenters. The molecule has 0 fully saturated rings. The van der Waals surface area contributed by atoms with E-state index in [0.29, 0.717) is 16.3 Å². The summed E-state index contributed by atoms with van der Waals surface area (Å²) < 4.78 is 21.4. The van der Waals surface area contributed by atoms with E-state index < -0.39 is 11.8 Å². The number of nitrogens with zero attached hydrogens (tertiary/aromatic N) is 1. The number of para-hydroxylation sites is 1. The van der Waals surface area contributed by atoms with Crippen LogP contribution in [-0.2, 0) is 6.54 Å². The number of aromatic carboxylic acids is 1. The van der Waals surface area contributed by atoms with E-state index in [2.05, 4.69) is 15.9 Å². The lowest BCUT2D eigenvalue weighted by Crippen LogP contribution is -2.14. The van der Waals surface area contributed by atoms with Crippen LogP contribution in [0, 0.1) is 5.82 Å². The van der Waals surface area contributed by atoms with Gasteiger partial charge in [-0.15, -0.1) is 0 Å². The second-order valence-electron chi connectivity index (χ2n) is 5.03. The lowest BCUT2D eigenvalue weighted by atomic mass is 10.2. The highest BCUT2D eigenvalue weighted by Gasteiger charge is 2.22. The topological polar surface area (TPSA) is 51.5 Å². The third-order valence-corrected chi connectivity index (χ3v) is 4.68. The van der Waals surface area contributed by atoms with Crippen LogP contribution in [0.2, 0.25) is 5.02 Å². The van der Waals surface area contributed by atoms with Gasteiger partial charge >= 0.3 is 5.97 Å². The van der Waals surface area contributed by atoms with Gasteiger partial charge in [0, 0.05) is 0 Å². The predicted octanol–water partition coefficient (Wildman–Crippen LogP) is 4.97. The highest BCUT2D eigenvalue weighted by atomic mass is 79.9. The molecular weight excluding hydrogens is 401 g/mol. The quantitative estimate of drug-likeness (QED) is 0.643. The van der Waals surface area contributed by atoms with Crippen molar-refractivity contribution in [2.45, 2.75) is 6.54 Å². The van der Waals surface area contributed by atoms with Gasteiger partial charge in [0.15, 0.2) is 0 Å². The molecule has 2 aromatic carbocycles. The first-order chi connectivity index (χ1) is 11.5. The summed E-state index contributed by atoms with van der Waals surface area (Å²) in [5.41, 5.74) is 0.472. The van der Waals surface area contributed by atoms with Crippen LogP contribution in [0.25, 0.3) is 10.9 Å². The Morgan fingerprint density at radius 1 is 1.25 bits per heavy atom. The smallest absolute Gasteiger partial charge is 0.353 e. The Morgan fingerprint density at radius 3 is 2.71 bits per heavy atom. The van der Waals surface area contributed by atoms with Crippen LogP contribution in [0.3, 0.4) is 0 Å². The van der Waals surface area contributed by atoms with E-state index in [4.69, 9.17) is 16.3 Å². The molecule has 0 radical (unpaired) electrons. The number of carbonyl (C=O) groups is 1. The van der Waals surface area contributed by atoms with Gasteiger partial charge in [-0.25, -0.2) is 9.18 Å². The minimum Gasteiger partial charge on any atom is -0.490 e. The standard InChI is InChI=1S/C17H12BrClFNO3/c18-15-14-11(20)5-3-6-12(14)21(16(15)17(22)23)8-9-24-13-7-2-1-4-10(13)19/h1-7H,8-9H2,(H,22,23). The molecule has 0 aliphatic rings. The van der Waals surface area contributed by atoms with Crippen molar-refractivity contribution in [2.75, 3.05) is 6.61 Å². The Balaban J connectivity index is 1.94. The molecule has 1 aromatic heterocycles. The van der Waals surface area contributed by atoms with Crippen molar-refractivity contribution >= 4 is 44.4 Å². The summed E-state index contributed by atoms with van der Waals surface area (Å²) in [6.07, 6.45) is 0. The van der Waals surface area contributed by atoms with Crippen molar-refractivity contribution in [3.05, 3.63) is 63.5 Å². The van der Waals surface area contributed by atoms with E-state index in [1.165, 1.54) is 10.6 Å². The van der Waals surface area contributed by atoms with Crippen LogP contribution in [0.15, 0.2) is 46.9 Å². The molecule has 0 atom stereocenters. The van der Waals surface area contributed by atoms with Crippen molar-refractivity contribution in [3.8, 4) is 5.75 Å². The summed E-state index contributed by atoms with van der Waals surface area (Å²) in [7, 11) is 0. The van der Waals surface area contributed by atoms with Gasteiger partial charge in [-0.1, -0.05) is 29.8 Å². The zero-order valence-electron chi connectivity index (χ0n) is 12.3. The average molecular weight is 413 g/mol. The minimum atomic E-state index is -1.14. The molecule has 0 amide bonds. The first-order valence-electron chi connectivity index (χ1n) is 7.07. The van der Waals surface area contributed by atoms with E-state index in [1.807, 2.05) is 0 Å². The van der Waals surface area contributed by atoms with Gasteiger partial charge in [0.2, 0.25) is 0 Å². The highest BCUT2D eigenvalue weighted by molar-refractivity contribution is 9.10. The number of carboxylic acid groups (broad SMARTS) is 1. The predicted molar refractivity (Wildman–Crippen MR) is 93.5 cm³/mol. The van der Waals surface area contributed by atoms with E-state index in [1.54, 1.807) is 36.4 Å². The van der Waals surface area contributed by atoms with Crippen LogP contribution >= 0.6 is 27.5 Å². The van der Waals surface area contributed by atoms with E-state index in [9.17, 15) is 14.3 Å². The second-order valence-corrected chi connectivity index (χ2v) is 6.23. The Bertz CT molecular complexity index is 926. The Morgan fingerprint density at radius 2 is 2.00 bits per heavy atom. The summed E-state index contributed by atoms with van der Waals surface area (Å²) in [6.45, 7) is 0.426. The number of halogens is 3. The molecule has 0 saturated carbocycles. The molecule has 1 N–H and O–H groups in total. The van der Waals surface area contributed by atoms with E-state index >= 15 is 0 Å². The summed E-state index contributed by atoms with van der Waals surface area (Å²) in [4.78, 5) is 11.6. The fourth-order valence-corrected chi connectivity index (χ4v) is 3.53. The second kappa shape index (κ2) is 6.83. The molecule has 0 saturated heterocycles. The molecule has 1 heterocycles. The fourth-order valence-electron chi connectivity index (χ4n) is 2.56. The van der Waals surface area contributed by atoms with Gasteiger partial charge in [0.25, 0.3) is 0 Å². The molecule has 24 heavy (non-hydrogen) atoms. The monoisotopic (exact) mass is 411 g/mol.